The SMILES string of the molecule is COCCN(CC(=O)N(Cc1ccccc1)Cc1cccs1)C(=O)c1ccc(C(F)(F)F)cc1. The Bertz CT molecular complexity index is 1060. The van der Waals surface area contributed by atoms with E-state index in [1.165, 1.54) is 23.3 Å². The van der Waals surface area contributed by atoms with Crippen molar-refractivity contribution < 1.29 is 27.5 Å². The van der Waals surface area contributed by atoms with E-state index in [-0.39, 0.29) is 31.2 Å². The van der Waals surface area contributed by atoms with Crippen LogP contribution in [0.4, 0.5) is 13.2 Å². The third kappa shape index (κ3) is 7.16. The average molecular weight is 491 g/mol. The molecule has 0 aliphatic rings. The van der Waals surface area contributed by atoms with Gasteiger partial charge < -0.3 is 14.5 Å². The van der Waals surface area contributed by atoms with Gasteiger partial charge in [-0.3, -0.25) is 9.59 Å². The number of carbonyl (C=O) groups is 2. The zero-order valence-corrected chi connectivity index (χ0v) is 19.4. The van der Waals surface area contributed by atoms with Crippen molar-refractivity contribution in [1.29, 1.82) is 0 Å². The Morgan fingerprint density at radius 1 is 0.912 bits per heavy atom. The van der Waals surface area contributed by atoms with Crippen LogP contribution in [0.3, 0.4) is 0 Å². The van der Waals surface area contributed by atoms with Crippen molar-refractivity contribution in [3.63, 3.8) is 0 Å². The topological polar surface area (TPSA) is 49.9 Å². The van der Waals surface area contributed by atoms with E-state index in [4.69, 9.17) is 4.74 Å². The van der Waals surface area contributed by atoms with Crippen molar-refractivity contribution in [2.45, 2.75) is 19.3 Å². The summed E-state index contributed by atoms with van der Waals surface area (Å²) in [4.78, 5) is 30.4. The summed E-state index contributed by atoms with van der Waals surface area (Å²) in [6.07, 6.45) is -4.49. The van der Waals surface area contributed by atoms with E-state index < -0.39 is 17.6 Å². The summed E-state index contributed by atoms with van der Waals surface area (Å²) in [5.41, 5.74) is 0.184. The van der Waals surface area contributed by atoms with Gasteiger partial charge in [-0.1, -0.05) is 36.4 Å². The summed E-state index contributed by atoms with van der Waals surface area (Å²) >= 11 is 1.53. The molecule has 3 aromatic rings. The molecule has 0 saturated carbocycles. The minimum Gasteiger partial charge on any atom is -0.383 e. The van der Waals surface area contributed by atoms with E-state index in [0.717, 1.165) is 34.7 Å². The van der Waals surface area contributed by atoms with Crippen molar-refractivity contribution >= 4 is 23.2 Å². The molecule has 0 fully saturated rings. The van der Waals surface area contributed by atoms with Gasteiger partial charge in [-0.2, -0.15) is 13.2 Å². The van der Waals surface area contributed by atoms with Gasteiger partial charge in [0.1, 0.15) is 6.54 Å². The highest BCUT2D eigenvalue weighted by atomic mass is 32.1. The number of alkyl halides is 3. The first-order valence-electron chi connectivity index (χ1n) is 10.6. The lowest BCUT2D eigenvalue weighted by Gasteiger charge is -2.27. The summed E-state index contributed by atoms with van der Waals surface area (Å²) in [7, 11) is 1.47. The van der Waals surface area contributed by atoms with Crippen LogP contribution in [0.15, 0.2) is 72.1 Å². The average Bonchev–Trinajstić information content (AvgIpc) is 3.34. The normalized spacial score (nSPS) is 11.3. The Kier molecular flexibility index (Phi) is 8.84. The molecule has 2 amide bonds. The van der Waals surface area contributed by atoms with E-state index in [0.29, 0.717) is 13.1 Å². The Morgan fingerprint density at radius 2 is 1.62 bits per heavy atom. The molecule has 0 radical (unpaired) electrons. The molecule has 0 saturated heterocycles. The van der Waals surface area contributed by atoms with E-state index in [9.17, 15) is 22.8 Å². The summed E-state index contributed by atoms with van der Waals surface area (Å²) < 4.78 is 43.7. The third-order valence-electron chi connectivity index (χ3n) is 5.13. The molecule has 1 aromatic heterocycles. The van der Waals surface area contributed by atoms with Gasteiger partial charge in [-0.15, -0.1) is 11.3 Å². The van der Waals surface area contributed by atoms with Crippen LogP contribution in [-0.2, 0) is 28.8 Å². The lowest BCUT2D eigenvalue weighted by atomic mass is 10.1. The molecule has 34 heavy (non-hydrogen) atoms. The van der Waals surface area contributed by atoms with Crippen LogP contribution in [-0.4, -0.2) is 48.4 Å². The molecule has 0 atom stereocenters. The molecule has 1 heterocycles. The van der Waals surface area contributed by atoms with E-state index >= 15 is 0 Å². The standard InChI is InChI=1S/C25H25F3N2O3S/c1-33-14-13-29(24(32)20-9-11-21(12-10-20)25(26,27)28)18-23(31)30(17-22-8-5-15-34-22)16-19-6-3-2-4-7-19/h2-12,15H,13-14,16-18H2,1H3. The van der Waals surface area contributed by atoms with Crippen molar-refractivity contribution in [2.24, 2.45) is 0 Å². The van der Waals surface area contributed by atoms with Gasteiger partial charge >= 0.3 is 6.18 Å². The fourth-order valence-electron chi connectivity index (χ4n) is 3.33. The van der Waals surface area contributed by atoms with Gasteiger partial charge in [0.25, 0.3) is 5.91 Å². The van der Waals surface area contributed by atoms with Crippen LogP contribution in [0.2, 0.25) is 0 Å². The van der Waals surface area contributed by atoms with Crippen LogP contribution in [0.25, 0.3) is 0 Å². The number of benzene rings is 2. The number of halogens is 3. The number of ether oxygens (including phenoxy) is 1. The summed E-state index contributed by atoms with van der Waals surface area (Å²) in [6, 6.07) is 17.3. The van der Waals surface area contributed by atoms with Gasteiger partial charge in [-0.25, -0.2) is 0 Å². The lowest BCUT2D eigenvalue weighted by Crippen LogP contribution is -2.43. The second-order valence-electron chi connectivity index (χ2n) is 7.61. The minimum atomic E-state index is -4.49. The molecule has 5 nitrogen and oxygen atoms in total. The fraction of sp³-hybridized carbons (Fsp3) is 0.280. The Morgan fingerprint density at radius 3 is 2.21 bits per heavy atom. The summed E-state index contributed by atoms with van der Waals surface area (Å²) in [5, 5.41) is 1.93. The van der Waals surface area contributed by atoms with Gasteiger partial charge in [-0.05, 0) is 41.3 Å². The van der Waals surface area contributed by atoms with E-state index in [2.05, 4.69) is 0 Å². The number of amides is 2. The van der Waals surface area contributed by atoms with Crippen LogP contribution in [0, 0.1) is 0 Å². The Hall–Kier alpha value is -3.17. The van der Waals surface area contributed by atoms with Crippen molar-refractivity contribution in [1.82, 2.24) is 9.80 Å². The Labute approximate surface area is 200 Å². The maximum Gasteiger partial charge on any atom is 0.416 e. The largest absolute Gasteiger partial charge is 0.416 e. The summed E-state index contributed by atoms with van der Waals surface area (Å²) in [6.45, 7) is 0.840. The molecule has 3 rings (SSSR count). The molecule has 0 aliphatic heterocycles. The monoisotopic (exact) mass is 490 g/mol. The molecule has 2 aromatic carbocycles. The van der Waals surface area contributed by atoms with Crippen LogP contribution in [0.1, 0.15) is 26.4 Å². The lowest BCUT2D eigenvalue weighted by molar-refractivity contribution is -0.137. The number of carbonyl (C=O) groups excluding carboxylic acids is 2. The zero-order valence-electron chi connectivity index (χ0n) is 18.6. The maximum atomic E-state index is 13.3. The van der Waals surface area contributed by atoms with E-state index in [1.807, 2.05) is 47.8 Å². The van der Waals surface area contributed by atoms with Gasteiger partial charge in [0.15, 0.2) is 0 Å². The second kappa shape index (κ2) is 11.8. The fourth-order valence-corrected chi connectivity index (χ4v) is 4.05. The van der Waals surface area contributed by atoms with Gasteiger partial charge in [0, 0.05) is 30.6 Å². The molecule has 9 heteroatoms. The third-order valence-corrected chi connectivity index (χ3v) is 5.99. The van der Waals surface area contributed by atoms with E-state index in [1.54, 1.807) is 4.90 Å². The number of methoxy groups -OCH3 is 1. The smallest absolute Gasteiger partial charge is 0.383 e. The Balaban J connectivity index is 1.78. The van der Waals surface area contributed by atoms with Crippen LogP contribution >= 0.6 is 11.3 Å². The number of rotatable bonds is 10. The number of nitrogens with zero attached hydrogens (tertiary/aromatic N) is 2. The first kappa shape index (κ1) is 25.5. The van der Waals surface area contributed by atoms with Crippen molar-refractivity contribution in [2.75, 3.05) is 26.8 Å². The molecular formula is C25H25F3N2O3S. The van der Waals surface area contributed by atoms with Gasteiger partial charge in [0.05, 0.1) is 18.7 Å². The highest BCUT2D eigenvalue weighted by Gasteiger charge is 2.30. The molecule has 0 aliphatic carbocycles. The van der Waals surface area contributed by atoms with Crippen LogP contribution < -0.4 is 0 Å². The van der Waals surface area contributed by atoms with Crippen LogP contribution in [0.5, 0.6) is 0 Å². The molecular weight excluding hydrogens is 465 g/mol. The molecule has 0 bridgehead atoms. The number of thiophene rings is 1. The predicted octanol–water partition coefficient (Wildman–Crippen LogP) is 5.08. The molecule has 180 valence electrons. The first-order valence-corrected chi connectivity index (χ1v) is 11.5. The highest BCUT2D eigenvalue weighted by Crippen LogP contribution is 2.29. The number of hydrogen-bond acceptors (Lipinski definition) is 4. The maximum absolute atomic E-state index is 13.3. The molecule has 0 N–H and O–H groups in total. The van der Waals surface area contributed by atoms with Gasteiger partial charge in [0.2, 0.25) is 5.91 Å². The molecule has 0 unspecified atom stereocenters. The van der Waals surface area contributed by atoms with Crippen molar-refractivity contribution in [3.8, 4) is 0 Å². The minimum absolute atomic E-state index is 0.0739. The van der Waals surface area contributed by atoms with Crippen molar-refractivity contribution in [3.05, 3.63) is 93.7 Å². The second-order valence-corrected chi connectivity index (χ2v) is 8.64. The quantitative estimate of drug-likeness (QED) is 0.398. The summed E-state index contributed by atoms with van der Waals surface area (Å²) in [5.74, 6) is -0.802. The number of hydrogen-bond donors (Lipinski definition) is 0. The zero-order chi connectivity index (χ0) is 24.6. The predicted molar refractivity (Wildman–Crippen MR) is 124 cm³/mol. The highest BCUT2D eigenvalue weighted by molar-refractivity contribution is 7.09. The molecule has 0 spiro atoms. The first-order chi connectivity index (χ1) is 16.3.